The van der Waals surface area contributed by atoms with Crippen molar-refractivity contribution in [2.45, 2.75) is 0 Å². The first kappa shape index (κ1) is 10.2. The van der Waals surface area contributed by atoms with Gasteiger partial charge in [0, 0.05) is 16.9 Å². The number of aromatic nitrogens is 1. The van der Waals surface area contributed by atoms with Gasteiger partial charge in [-0.1, -0.05) is 18.2 Å². The first-order chi connectivity index (χ1) is 7.77. The van der Waals surface area contributed by atoms with Crippen molar-refractivity contribution in [3.05, 3.63) is 60.4 Å². The Balaban J connectivity index is 2.19. The van der Waals surface area contributed by atoms with Gasteiger partial charge < -0.3 is 5.11 Å². The highest BCUT2D eigenvalue weighted by Gasteiger charge is 2.16. The molecule has 0 aliphatic rings. The smallest absolute Gasteiger partial charge is 0.414 e. The van der Waals surface area contributed by atoms with Crippen molar-refractivity contribution < 1.29 is 19.5 Å². The molecular weight excluding hydrogens is 206 g/mol. The summed E-state index contributed by atoms with van der Waals surface area (Å²) < 4.78 is 1.27. The second-order valence-electron chi connectivity index (χ2n) is 3.13. The first-order valence-electron chi connectivity index (χ1n) is 4.74. The van der Waals surface area contributed by atoms with E-state index in [4.69, 9.17) is 4.84 Å². The van der Waals surface area contributed by atoms with Crippen molar-refractivity contribution >= 4 is 5.97 Å². The fraction of sp³-hybridized carbons (Fsp3) is 0. The minimum Gasteiger partial charge on any atom is -0.507 e. The lowest BCUT2D eigenvalue weighted by atomic mass is 10.2. The molecule has 2 aromatic rings. The fourth-order valence-electron chi connectivity index (χ4n) is 1.23. The molecule has 0 amide bonds. The number of para-hydroxylation sites is 1. The molecule has 0 spiro atoms. The van der Waals surface area contributed by atoms with Crippen LogP contribution >= 0.6 is 0 Å². The standard InChI is InChI=1S/C12H9NO3/c14-11-7-3-2-6-10(11)12(15)16-13-8-4-1-5-9-13/h1-9H/p+1. The summed E-state index contributed by atoms with van der Waals surface area (Å²) in [5.41, 5.74) is 0.138. The molecule has 0 aliphatic heterocycles. The van der Waals surface area contributed by atoms with Crippen molar-refractivity contribution in [2.24, 2.45) is 0 Å². The van der Waals surface area contributed by atoms with E-state index in [1.165, 1.54) is 16.9 Å². The number of rotatable bonds is 2. The molecule has 80 valence electrons. The van der Waals surface area contributed by atoms with E-state index in [1.807, 2.05) is 6.07 Å². The molecule has 0 saturated carbocycles. The maximum absolute atomic E-state index is 11.6. The maximum atomic E-state index is 11.6. The lowest BCUT2D eigenvalue weighted by Gasteiger charge is -1.99. The molecule has 1 aromatic heterocycles. The molecule has 16 heavy (non-hydrogen) atoms. The third-order valence-corrected chi connectivity index (χ3v) is 2.00. The largest absolute Gasteiger partial charge is 0.507 e. The lowest BCUT2D eigenvalue weighted by Crippen LogP contribution is -2.44. The number of nitrogens with zero attached hydrogens (tertiary/aromatic N) is 1. The molecule has 0 saturated heterocycles. The Labute approximate surface area is 92.3 Å². The van der Waals surface area contributed by atoms with E-state index in [2.05, 4.69) is 0 Å². The van der Waals surface area contributed by atoms with Crippen molar-refractivity contribution in [3.8, 4) is 5.75 Å². The minimum absolute atomic E-state index is 0.0935. The van der Waals surface area contributed by atoms with Gasteiger partial charge in [-0.05, 0) is 12.1 Å². The summed E-state index contributed by atoms with van der Waals surface area (Å²) in [6.07, 6.45) is 3.19. The minimum atomic E-state index is -0.602. The van der Waals surface area contributed by atoms with E-state index in [-0.39, 0.29) is 11.3 Å². The van der Waals surface area contributed by atoms with Gasteiger partial charge in [-0.3, -0.25) is 0 Å². The Morgan fingerprint density at radius 2 is 1.75 bits per heavy atom. The number of benzene rings is 1. The number of carbonyl (C=O) groups is 1. The van der Waals surface area contributed by atoms with Gasteiger partial charge in [-0.15, -0.1) is 0 Å². The van der Waals surface area contributed by atoms with Gasteiger partial charge in [0.25, 0.3) is 0 Å². The van der Waals surface area contributed by atoms with Crippen molar-refractivity contribution in [1.82, 2.24) is 0 Å². The van der Waals surface area contributed by atoms with E-state index in [9.17, 15) is 9.90 Å². The van der Waals surface area contributed by atoms with Gasteiger partial charge in [0.1, 0.15) is 11.3 Å². The molecule has 0 atom stereocenters. The van der Waals surface area contributed by atoms with Gasteiger partial charge in [0.15, 0.2) is 0 Å². The van der Waals surface area contributed by atoms with Gasteiger partial charge in [0.2, 0.25) is 12.4 Å². The molecule has 1 N–H and O–H groups in total. The monoisotopic (exact) mass is 216 g/mol. The number of aromatic hydroxyl groups is 1. The van der Waals surface area contributed by atoms with E-state index in [0.29, 0.717) is 0 Å². The summed E-state index contributed by atoms with van der Waals surface area (Å²) in [4.78, 5) is 16.6. The summed E-state index contributed by atoms with van der Waals surface area (Å²) in [5.74, 6) is -0.696. The molecule has 1 heterocycles. The number of hydrogen-bond donors (Lipinski definition) is 1. The van der Waals surface area contributed by atoms with Crippen LogP contribution in [0.5, 0.6) is 5.75 Å². The van der Waals surface area contributed by atoms with E-state index in [1.54, 1.807) is 36.7 Å². The number of pyridine rings is 1. The predicted octanol–water partition coefficient (Wildman–Crippen LogP) is 0.949. The normalized spacial score (nSPS) is 9.75. The Bertz CT molecular complexity index is 497. The summed E-state index contributed by atoms with van der Waals surface area (Å²) in [6, 6.07) is 11.5. The summed E-state index contributed by atoms with van der Waals surface area (Å²) in [6.45, 7) is 0. The zero-order chi connectivity index (χ0) is 11.4. The molecule has 0 aliphatic carbocycles. The molecule has 4 heteroatoms. The van der Waals surface area contributed by atoms with Crippen LogP contribution in [0.3, 0.4) is 0 Å². The molecular formula is C12H10NO3+. The predicted molar refractivity (Wildman–Crippen MR) is 55.7 cm³/mol. The molecule has 0 radical (unpaired) electrons. The molecule has 2 rings (SSSR count). The van der Waals surface area contributed by atoms with E-state index < -0.39 is 5.97 Å². The Hall–Kier alpha value is -2.36. The van der Waals surface area contributed by atoms with Crippen LogP contribution in [0.25, 0.3) is 0 Å². The molecule has 0 fully saturated rings. The highest BCUT2D eigenvalue weighted by molar-refractivity contribution is 5.92. The highest BCUT2D eigenvalue weighted by atomic mass is 16.7. The third kappa shape index (κ3) is 2.17. The number of phenolic OH excluding ortho intramolecular Hbond substituents is 1. The van der Waals surface area contributed by atoms with Crippen molar-refractivity contribution in [3.63, 3.8) is 0 Å². The topological polar surface area (TPSA) is 50.4 Å². The van der Waals surface area contributed by atoms with Crippen LogP contribution in [0, 0.1) is 0 Å². The van der Waals surface area contributed by atoms with Crippen LogP contribution in [0.2, 0.25) is 0 Å². The zero-order valence-corrected chi connectivity index (χ0v) is 8.41. The molecule has 0 bridgehead atoms. The summed E-state index contributed by atoms with van der Waals surface area (Å²) in [5, 5.41) is 9.45. The van der Waals surface area contributed by atoms with Crippen molar-refractivity contribution in [2.75, 3.05) is 0 Å². The fourth-order valence-corrected chi connectivity index (χ4v) is 1.23. The Morgan fingerprint density at radius 1 is 1.06 bits per heavy atom. The first-order valence-corrected chi connectivity index (χ1v) is 4.74. The second-order valence-corrected chi connectivity index (χ2v) is 3.13. The van der Waals surface area contributed by atoms with Crippen LogP contribution in [-0.2, 0) is 0 Å². The number of carbonyl (C=O) groups excluding carboxylic acids is 1. The van der Waals surface area contributed by atoms with Crippen LogP contribution in [-0.4, -0.2) is 11.1 Å². The Morgan fingerprint density at radius 3 is 2.44 bits per heavy atom. The third-order valence-electron chi connectivity index (χ3n) is 2.00. The molecule has 1 aromatic carbocycles. The van der Waals surface area contributed by atoms with E-state index in [0.717, 1.165) is 0 Å². The average molecular weight is 216 g/mol. The number of hydrogen-bond acceptors (Lipinski definition) is 3. The van der Waals surface area contributed by atoms with Gasteiger partial charge in [-0.2, -0.15) is 4.84 Å². The Kier molecular flexibility index (Phi) is 2.82. The highest BCUT2D eigenvalue weighted by Crippen LogP contribution is 2.14. The lowest BCUT2D eigenvalue weighted by molar-refractivity contribution is -0.868. The number of phenols is 1. The summed E-state index contributed by atoms with van der Waals surface area (Å²) >= 11 is 0. The molecule has 0 unspecified atom stereocenters. The van der Waals surface area contributed by atoms with E-state index >= 15 is 0 Å². The van der Waals surface area contributed by atoms with Crippen LogP contribution in [0.4, 0.5) is 0 Å². The average Bonchev–Trinajstić information content (AvgIpc) is 2.31. The quantitative estimate of drug-likeness (QED) is 0.760. The maximum Gasteiger partial charge on any atom is 0.414 e. The molecule has 4 nitrogen and oxygen atoms in total. The van der Waals surface area contributed by atoms with Crippen LogP contribution in [0.1, 0.15) is 10.4 Å². The van der Waals surface area contributed by atoms with Gasteiger partial charge >= 0.3 is 5.97 Å². The zero-order valence-electron chi connectivity index (χ0n) is 8.41. The van der Waals surface area contributed by atoms with Crippen LogP contribution < -0.4 is 9.57 Å². The van der Waals surface area contributed by atoms with Gasteiger partial charge in [0.05, 0.1) is 0 Å². The second kappa shape index (κ2) is 4.44. The van der Waals surface area contributed by atoms with Gasteiger partial charge in [-0.25, -0.2) is 4.79 Å². The van der Waals surface area contributed by atoms with Crippen LogP contribution in [0.15, 0.2) is 54.9 Å². The SMILES string of the molecule is O=C(O[n+]1ccccc1)c1ccccc1O. The summed E-state index contributed by atoms with van der Waals surface area (Å²) in [7, 11) is 0. The van der Waals surface area contributed by atoms with Crippen molar-refractivity contribution in [1.29, 1.82) is 0 Å².